The zero-order valence-electron chi connectivity index (χ0n) is 11.5. The largest absolute Gasteiger partial charge is 0.490 e. The first-order chi connectivity index (χ1) is 9.62. The van der Waals surface area contributed by atoms with Gasteiger partial charge in [0.1, 0.15) is 0 Å². The summed E-state index contributed by atoms with van der Waals surface area (Å²) in [6.45, 7) is 4.02. The van der Waals surface area contributed by atoms with Crippen LogP contribution in [0.15, 0.2) is 18.2 Å². The number of hydrogen-bond acceptors (Lipinski definition) is 4. The summed E-state index contributed by atoms with van der Waals surface area (Å²) in [4.78, 5) is 11.7. The van der Waals surface area contributed by atoms with Crippen LogP contribution in [0.4, 0.5) is 0 Å². The molecule has 1 rings (SSSR count). The van der Waals surface area contributed by atoms with Gasteiger partial charge in [0.05, 0.1) is 24.8 Å². The van der Waals surface area contributed by atoms with E-state index in [-0.39, 0.29) is 12.5 Å². The molecule has 1 aromatic rings. The second-order valence-electron chi connectivity index (χ2n) is 3.89. The summed E-state index contributed by atoms with van der Waals surface area (Å²) < 4.78 is 10.9. The lowest BCUT2D eigenvalue weighted by molar-refractivity contribution is -0.127. The van der Waals surface area contributed by atoms with Crippen molar-refractivity contribution in [2.24, 2.45) is 0 Å². The second-order valence-corrected chi connectivity index (χ2v) is 3.89. The van der Waals surface area contributed by atoms with Crippen molar-refractivity contribution in [3.63, 3.8) is 0 Å². The first-order valence-corrected chi connectivity index (χ1v) is 6.17. The fourth-order valence-corrected chi connectivity index (χ4v) is 1.47. The molecule has 5 nitrogen and oxygen atoms in total. The van der Waals surface area contributed by atoms with Crippen molar-refractivity contribution in [3.05, 3.63) is 23.8 Å². The lowest BCUT2D eigenvalue weighted by Crippen LogP contribution is -2.36. The van der Waals surface area contributed by atoms with E-state index >= 15 is 0 Å². The predicted octanol–water partition coefficient (Wildman–Crippen LogP) is 1.47. The van der Waals surface area contributed by atoms with Gasteiger partial charge in [-0.1, -0.05) is 5.92 Å². The van der Waals surface area contributed by atoms with Crippen molar-refractivity contribution in [1.29, 1.82) is 5.26 Å². The van der Waals surface area contributed by atoms with Crippen LogP contribution in [0.2, 0.25) is 0 Å². The van der Waals surface area contributed by atoms with Crippen LogP contribution in [0.1, 0.15) is 19.4 Å². The van der Waals surface area contributed by atoms with E-state index in [1.807, 2.05) is 13.0 Å². The van der Waals surface area contributed by atoms with Gasteiger partial charge in [-0.05, 0) is 26.0 Å². The Labute approximate surface area is 118 Å². The van der Waals surface area contributed by atoms with E-state index in [2.05, 4.69) is 11.2 Å². The van der Waals surface area contributed by atoms with E-state index in [4.69, 9.17) is 21.2 Å². The Kier molecular flexibility index (Phi) is 5.93. The molecule has 0 aliphatic rings. The second kappa shape index (κ2) is 7.70. The molecule has 20 heavy (non-hydrogen) atoms. The zero-order valence-corrected chi connectivity index (χ0v) is 11.5. The van der Waals surface area contributed by atoms with E-state index in [1.165, 1.54) is 0 Å². The molecule has 1 N–H and O–H groups in total. The minimum absolute atomic E-state index is 0.151. The number of nitrogens with one attached hydrogen (secondary N) is 1. The predicted molar refractivity (Wildman–Crippen MR) is 74.3 cm³/mol. The number of amides is 1. The van der Waals surface area contributed by atoms with E-state index in [0.717, 1.165) is 0 Å². The Morgan fingerprint density at radius 2 is 2.25 bits per heavy atom. The summed E-state index contributed by atoms with van der Waals surface area (Å²) in [7, 11) is 0. The third kappa shape index (κ3) is 4.22. The summed E-state index contributed by atoms with van der Waals surface area (Å²) in [6, 6.07) is 6.80. The van der Waals surface area contributed by atoms with Gasteiger partial charge in [-0.15, -0.1) is 6.42 Å². The Morgan fingerprint density at radius 1 is 1.50 bits per heavy atom. The zero-order chi connectivity index (χ0) is 15.0. The Morgan fingerprint density at radius 3 is 2.85 bits per heavy atom. The monoisotopic (exact) mass is 272 g/mol. The Hall–Kier alpha value is -2.66. The van der Waals surface area contributed by atoms with Crippen LogP contribution >= 0.6 is 0 Å². The third-order valence-electron chi connectivity index (χ3n) is 2.41. The van der Waals surface area contributed by atoms with Crippen LogP contribution in [0.3, 0.4) is 0 Å². The molecule has 1 atom stereocenters. The topological polar surface area (TPSA) is 71.3 Å². The summed E-state index contributed by atoms with van der Waals surface area (Å²) in [5, 5.41) is 11.4. The maximum Gasteiger partial charge on any atom is 0.261 e. The van der Waals surface area contributed by atoms with Gasteiger partial charge >= 0.3 is 0 Å². The smallest absolute Gasteiger partial charge is 0.261 e. The maximum atomic E-state index is 11.7. The molecule has 0 aliphatic heterocycles. The fraction of sp³-hybridized carbons (Fsp3) is 0.333. The Balaban J connectivity index is 2.83. The molecule has 5 heteroatoms. The highest BCUT2D eigenvalue weighted by Gasteiger charge is 2.16. The molecule has 1 amide bonds. The number of ether oxygens (including phenoxy) is 2. The summed E-state index contributed by atoms with van der Waals surface area (Å²) in [5.74, 6) is 2.85. The number of hydrogen-bond donors (Lipinski definition) is 1. The average molecular weight is 272 g/mol. The van der Waals surface area contributed by atoms with Crippen LogP contribution < -0.4 is 14.8 Å². The van der Waals surface area contributed by atoms with Crippen molar-refractivity contribution >= 4 is 5.91 Å². The molecular weight excluding hydrogens is 256 g/mol. The minimum atomic E-state index is -0.713. The molecular formula is C15H16N2O3. The van der Waals surface area contributed by atoms with Crippen LogP contribution in [0.25, 0.3) is 0 Å². The molecule has 0 heterocycles. The molecule has 0 saturated heterocycles. The number of rotatable bonds is 6. The van der Waals surface area contributed by atoms with Crippen molar-refractivity contribution in [2.75, 3.05) is 13.2 Å². The van der Waals surface area contributed by atoms with E-state index in [9.17, 15) is 4.79 Å². The van der Waals surface area contributed by atoms with Gasteiger partial charge in [-0.3, -0.25) is 4.79 Å². The van der Waals surface area contributed by atoms with Crippen molar-refractivity contribution in [1.82, 2.24) is 5.32 Å². The highest BCUT2D eigenvalue weighted by atomic mass is 16.5. The first-order valence-electron chi connectivity index (χ1n) is 6.17. The number of carbonyl (C=O) groups excluding carboxylic acids is 1. The van der Waals surface area contributed by atoms with Crippen LogP contribution in [0, 0.1) is 23.7 Å². The van der Waals surface area contributed by atoms with E-state index in [0.29, 0.717) is 23.7 Å². The number of carbonyl (C=O) groups is 1. The van der Waals surface area contributed by atoms with Crippen molar-refractivity contribution < 1.29 is 14.3 Å². The molecule has 104 valence electrons. The molecule has 0 aliphatic carbocycles. The highest BCUT2D eigenvalue weighted by molar-refractivity contribution is 5.81. The number of nitriles is 1. The molecule has 0 aromatic heterocycles. The van der Waals surface area contributed by atoms with Crippen LogP contribution in [-0.2, 0) is 4.79 Å². The molecule has 0 radical (unpaired) electrons. The summed E-state index contributed by atoms with van der Waals surface area (Å²) in [6.07, 6.45) is 4.36. The van der Waals surface area contributed by atoms with E-state index < -0.39 is 6.10 Å². The van der Waals surface area contributed by atoms with Gasteiger partial charge in [-0.2, -0.15) is 5.26 Å². The highest BCUT2D eigenvalue weighted by Crippen LogP contribution is 2.29. The van der Waals surface area contributed by atoms with Gasteiger partial charge in [0, 0.05) is 6.07 Å². The lowest BCUT2D eigenvalue weighted by atomic mass is 10.2. The maximum absolute atomic E-state index is 11.7. The van der Waals surface area contributed by atoms with Crippen LogP contribution in [-0.4, -0.2) is 25.2 Å². The van der Waals surface area contributed by atoms with Gasteiger partial charge in [0.15, 0.2) is 17.6 Å². The average Bonchev–Trinajstić information content (AvgIpc) is 2.46. The van der Waals surface area contributed by atoms with Crippen molar-refractivity contribution in [3.8, 4) is 29.9 Å². The summed E-state index contributed by atoms with van der Waals surface area (Å²) >= 11 is 0. The molecule has 0 saturated carbocycles. The fourth-order valence-electron chi connectivity index (χ4n) is 1.47. The normalized spacial score (nSPS) is 10.8. The minimum Gasteiger partial charge on any atom is -0.490 e. The van der Waals surface area contributed by atoms with Gasteiger partial charge < -0.3 is 14.8 Å². The van der Waals surface area contributed by atoms with Gasteiger partial charge in [0.2, 0.25) is 0 Å². The van der Waals surface area contributed by atoms with Gasteiger partial charge in [0.25, 0.3) is 5.91 Å². The first kappa shape index (κ1) is 15.4. The summed E-state index contributed by atoms with van der Waals surface area (Å²) in [5.41, 5.74) is 0.463. The quantitative estimate of drug-likeness (QED) is 0.796. The van der Waals surface area contributed by atoms with Crippen LogP contribution in [0.5, 0.6) is 11.5 Å². The third-order valence-corrected chi connectivity index (χ3v) is 2.41. The number of nitrogens with zero attached hydrogens (tertiary/aromatic N) is 1. The molecule has 1 unspecified atom stereocenters. The van der Waals surface area contributed by atoms with Gasteiger partial charge in [-0.25, -0.2) is 0 Å². The standard InChI is InChI=1S/C15H16N2O3/c1-4-8-17-15(18)11(3)20-13-7-6-12(10-16)9-14(13)19-5-2/h1,6-7,9,11H,5,8H2,2-3H3,(H,17,18). The lowest BCUT2D eigenvalue weighted by Gasteiger charge is -2.16. The molecule has 0 fully saturated rings. The van der Waals surface area contributed by atoms with E-state index in [1.54, 1.807) is 25.1 Å². The number of benzene rings is 1. The number of terminal acetylenes is 1. The SMILES string of the molecule is C#CCNC(=O)C(C)Oc1ccc(C#N)cc1OCC. The molecule has 0 spiro atoms. The molecule has 1 aromatic carbocycles. The Bertz CT molecular complexity index is 555. The van der Waals surface area contributed by atoms with Crippen molar-refractivity contribution in [2.45, 2.75) is 20.0 Å². The molecule has 0 bridgehead atoms.